The van der Waals surface area contributed by atoms with Gasteiger partial charge in [0.2, 0.25) is 0 Å². The molecule has 0 aromatic rings. The molecule has 322 valence electrons. The second-order valence-corrected chi connectivity index (χ2v) is 16.9. The van der Waals surface area contributed by atoms with Gasteiger partial charge in [0.15, 0.2) is 0 Å². The molecule has 0 aromatic carbocycles. The van der Waals surface area contributed by atoms with Crippen molar-refractivity contribution in [2.24, 2.45) is 0 Å². The Balaban J connectivity index is 3.94. The fourth-order valence-corrected chi connectivity index (χ4v) is 6.92. The van der Waals surface area contributed by atoms with Gasteiger partial charge in [0.25, 0.3) is 0 Å². The largest absolute Gasteiger partial charge is 0.472 e. The molecule has 0 aliphatic heterocycles. The van der Waals surface area contributed by atoms with Gasteiger partial charge in [-0.2, -0.15) is 0 Å². The van der Waals surface area contributed by atoms with Crippen molar-refractivity contribution < 1.29 is 71.4 Å². The van der Waals surface area contributed by atoms with Crippen molar-refractivity contribution in [2.75, 3.05) is 39.6 Å². The summed E-state index contributed by atoms with van der Waals surface area (Å²) in [7, 11) is -9.54. The summed E-state index contributed by atoms with van der Waals surface area (Å²) in [6.07, 6.45) is 21.1. The lowest BCUT2D eigenvalue weighted by Crippen LogP contribution is -2.25. The number of phosphoric acid groups is 2. The minimum Gasteiger partial charge on any atom is -0.463 e. The number of esters is 2. The number of ether oxygens (including phenoxy) is 2. The summed E-state index contributed by atoms with van der Waals surface area (Å²) in [4.78, 5) is 43.4. The molecule has 15 nitrogen and oxygen atoms in total. The maximum absolute atomic E-state index is 12.1. The molecule has 0 bridgehead atoms. The van der Waals surface area contributed by atoms with Crippen LogP contribution in [0.2, 0.25) is 0 Å². The van der Waals surface area contributed by atoms with E-state index in [1.165, 1.54) is 89.9 Å². The summed E-state index contributed by atoms with van der Waals surface area (Å²) in [5.74, 6) is -0.991. The van der Waals surface area contributed by atoms with Gasteiger partial charge in [-0.25, -0.2) is 9.13 Å². The van der Waals surface area contributed by atoms with Crippen LogP contribution in [0.25, 0.3) is 0 Å². The third-order valence-electron chi connectivity index (χ3n) is 8.56. The molecular weight excluding hydrogens is 746 g/mol. The van der Waals surface area contributed by atoms with E-state index in [2.05, 4.69) is 31.9 Å². The van der Waals surface area contributed by atoms with Gasteiger partial charge in [-0.3, -0.25) is 27.7 Å². The zero-order valence-corrected chi connectivity index (χ0v) is 34.9. The van der Waals surface area contributed by atoms with E-state index in [0.717, 1.165) is 38.5 Å². The third kappa shape index (κ3) is 36.7. The fraction of sp³-hybridized carbons (Fsp3) is 0.946. The highest BCUT2D eigenvalue weighted by Crippen LogP contribution is 2.45. The quantitative estimate of drug-likeness (QED) is 0.0226. The average molecular weight is 821 g/mol. The molecule has 0 rings (SSSR count). The average Bonchev–Trinajstić information content (AvgIpc) is 3.14. The Morgan fingerprint density at radius 3 is 0.889 bits per heavy atom. The molecule has 0 radical (unpaired) electrons. The molecule has 0 saturated carbocycles. The van der Waals surface area contributed by atoms with Crippen molar-refractivity contribution in [1.29, 1.82) is 0 Å². The van der Waals surface area contributed by atoms with Crippen LogP contribution in [0.3, 0.4) is 0 Å². The molecule has 4 atom stereocenters. The first-order valence-electron chi connectivity index (χ1n) is 20.4. The minimum atomic E-state index is -4.77. The van der Waals surface area contributed by atoms with Gasteiger partial charge in [0.05, 0.1) is 26.4 Å². The molecule has 4 unspecified atom stereocenters. The molecule has 0 aliphatic rings. The van der Waals surface area contributed by atoms with Crippen LogP contribution in [-0.4, -0.2) is 95.0 Å². The van der Waals surface area contributed by atoms with Crippen LogP contribution in [0.4, 0.5) is 0 Å². The molecule has 0 aromatic heterocycles. The van der Waals surface area contributed by atoms with Crippen molar-refractivity contribution >= 4 is 27.6 Å². The van der Waals surface area contributed by atoms with Crippen LogP contribution < -0.4 is 0 Å². The summed E-state index contributed by atoms with van der Waals surface area (Å²) in [6, 6.07) is 0. The highest BCUT2D eigenvalue weighted by Gasteiger charge is 2.28. The summed E-state index contributed by atoms with van der Waals surface area (Å²) >= 11 is 0. The number of aliphatic hydroxyl groups excluding tert-OH is 3. The number of carbonyl (C=O) groups excluding carboxylic acids is 2. The maximum Gasteiger partial charge on any atom is 0.472 e. The second-order valence-electron chi connectivity index (χ2n) is 14.0. The number of rotatable bonds is 40. The molecule has 0 spiro atoms. The van der Waals surface area contributed by atoms with Gasteiger partial charge in [-0.1, -0.05) is 142 Å². The molecule has 0 amide bonds. The van der Waals surface area contributed by atoms with Gasteiger partial charge in [0, 0.05) is 12.8 Å². The summed E-state index contributed by atoms with van der Waals surface area (Å²) in [5.41, 5.74) is 0. The zero-order valence-electron chi connectivity index (χ0n) is 33.2. The number of phosphoric ester groups is 2. The standard InChI is InChI=1S/C37H74O15P2/c1-3-5-7-9-11-13-15-17-19-21-23-25-36(41)47-27-33(38)29-49-53(43,44)51-31-35(40)32-52-54(45,46)50-30-34(39)28-48-37(42)26-24-22-20-18-16-14-12-10-8-6-4-2/h33-35,38-40H,3-32H2,1-2H3,(H,43,44)(H,45,46). The van der Waals surface area contributed by atoms with Gasteiger partial charge >= 0.3 is 27.6 Å². The molecule has 17 heteroatoms. The summed E-state index contributed by atoms with van der Waals surface area (Å²) in [6.45, 7) is 0.396. The Morgan fingerprint density at radius 1 is 0.407 bits per heavy atom. The van der Waals surface area contributed by atoms with Crippen molar-refractivity contribution in [2.45, 2.75) is 186 Å². The second kappa shape index (κ2) is 35.2. The Kier molecular flexibility index (Phi) is 34.6. The van der Waals surface area contributed by atoms with Crippen LogP contribution in [0, 0.1) is 0 Å². The molecule has 54 heavy (non-hydrogen) atoms. The Hall–Kier alpha value is -0.960. The molecule has 0 fully saturated rings. The smallest absolute Gasteiger partial charge is 0.463 e. The Morgan fingerprint density at radius 2 is 0.630 bits per heavy atom. The predicted octanol–water partition coefficient (Wildman–Crippen LogP) is 7.82. The lowest BCUT2D eigenvalue weighted by atomic mass is 10.1. The highest BCUT2D eigenvalue weighted by molar-refractivity contribution is 7.47. The van der Waals surface area contributed by atoms with E-state index < -0.39 is 85.5 Å². The van der Waals surface area contributed by atoms with E-state index >= 15 is 0 Å². The van der Waals surface area contributed by atoms with Gasteiger partial charge in [-0.05, 0) is 12.8 Å². The van der Waals surface area contributed by atoms with Crippen LogP contribution in [-0.2, 0) is 46.3 Å². The molecular formula is C37H74O15P2. The molecule has 0 heterocycles. The maximum atomic E-state index is 12.1. The lowest BCUT2D eigenvalue weighted by Gasteiger charge is -2.19. The minimum absolute atomic E-state index is 0.202. The first-order valence-corrected chi connectivity index (χ1v) is 23.4. The van der Waals surface area contributed by atoms with Crippen molar-refractivity contribution in [3.05, 3.63) is 0 Å². The van der Waals surface area contributed by atoms with E-state index in [1.54, 1.807) is 0 Å². The van der Waals surface area contributed by atoms with Crippen molar-refractivity contribution in [3.8, 4) is 0 Å². The number of hydrogen-bond acceptors (Lipinski definition) is 13. The first kappa shape index (κ1) is 53.0. The highest BCUT2D eigenvalue weighted by atomic mass is 31.2. The lowest BCUT2D eigenvalue weighted by molar-refractivity contribution is -0.148. The fourth-order valence-electron chi connectivity index (χ4n) is 5.33. The van der Waals surface area contributed by atoms with Gasteiger partial charge in [0.1, 0.15) is 31.5 Å². The van der Waals surface area contributed by atoms with E-state index in [0.29, 0.717) is 12.8 Å². The van der Waals surface area contributed by atoms with E-state index in [1.807, 2.05) is 0 Å². The van der Waals surface area contributed by atoms with Gasteiger partial charge < -0.3 is 34.6 Å². The topological polar surface area (TPSA) is 225 Å². The summed E-state index contributed by atoms with van der Waals surface area (Å²) < 4.78 is 52.7. The zero-order chi connectivity index (χ0) is 40.3. The Bertz CT molecular complexity index is 926. The predicted molar refractivity (Wildman–Crippen MR) is 206 cm³/mol. The molecule has 0 aliphatic carbocycles. The first-order chi connectivity index (χ1) is 25.8. The number of hydrogen-bond donors (Lipinski definition) is 5. The number of aliphatic hydroxyl groups is 3. The van der Waals surface area contributed by atoms with E-state index in [-0.39, 0.29) is 12.8 Å². The number of unbranched alkanes of at least 4 members (excludes halogenated alkanes) is 20. The van der Waals surface area contributed by atoms with Crippen molar-refractivity contribution in [3.63, 3.8) is 0 Å². The van der Waals surface area contributed by atoms with Crippen LogP contribution >= 0.6 is 15.6 Å². The summed E-state index contributed by atoms with van der Waals surface area (Å²) in [5, 5.41) is 29.8. The van der Waals surface area contributed by atoms with E-state index in [9.17, 15) is 43.8 Å². The van der Waals surface area contributed by atoms with Crippen LogP contribution in [0.5, 0.6) is 0 Å². The molecule has 0 saturated heterocycles. The molecule has 5 N–H and O–H groups in total. The van der Waals surface area contributed by atoms with Gasteiger partial charge in [-0.15, -0.1) is 0 Å². The monoisotopic (exact) mass is 820 g/mol. The van der Waals surface area contributed by atoms with Crippen LogP contribution in [0.1, 0.15) is 168 Å². The number of carbonyl (C=O) groups is 2. The Labute approximate surface area is 324 Å². The third-order valence-corrected chi connectivity index (χ3v) is 10.5. The van der Waals surface area contributed by atoms with Crippen molar-refractivity contribution in [1.82, 2.24) is 0 Å². The van der Waals surface area contributed by atoms with E-state index in [4.69, 9.17) is 9.47 Å². The normalized spacial score (nSPS) is 15.6. The SMILES string of the molecule is CCCCCCCCCCCCCC(=O)OCC(O)COP(=O)(O)OCC(O)COP(=O)(O)OCC(O)COC(=O)CCCCCCCCCCCCC. The van der Waals surface area contributed by atoms with Crippen LogP contribution in [0.15, 0.2) is 0 Å².